The summed E-state index contributed by atoms with van der Waals surface area (Å²) >= 11 is 3.38. The molecule has 19 heavy (non-hydrogen) atoms. The molecule has 0 aliphatic carbocycles. The number of para-hydroxylation sites is 1. The third kappa shape index (κ3) is 3.43. The van der Waals surface area contributed by atoms with Gasteiger partial charge in [0.15, 0.2) is 0 Å². The molecule has 0 unspecified atom stereocenters. The molecule has 0 bridgehead atoms. The van der Waals surface area contributed by atoms with Crippen LogP contribution < -0.4 is 4.74 Å². The molecule has 1 N–H and O–H groups in total. The van der Waals surface area contributed by atoms with Gasteiger partial charge in [-0.15, -0.1) is 0 Å². The summed E-state index contributed by atoms with van der Waals surface area (Å²) in [7, 11) is 0. The number of benzene rings is 2. The molecule has 0 aliphatic heterocycles. The van der Waals surface area contributed by atoms with Crippen LogP contribution in [0.2, 0.25) is 0 Å². The minimum Gasteiger partial charge on any atom is -0.456 e. The number of aldehydes is 1. The van der Waals surface area contributed by atoms with Gasteiger partial charge in [0.1, 0.15) is 17.8 Å². The third-order valence-electron chi connectivity index (χ3n) is 2.67. The molecule has 0 spiro atoms. The van der Waals surface area contributed by atoms with Gasteiger partial charge in [0.25, 0.3) is 0 Å². The molecule has 0 fully saturated rings. The van der Waals surface area contributed by atoms with E-state index in [2.05, 4.69) is 15.9 Å². The molecule has 0 atom stereocenters. The first kappa shape index (κ1) is 13.8. The Kier molecular flexibility index (Phi) is 4.71. The van der Waals surface area contributed by atoms with Crippen molar-refractivity contribution < 1.29 is 14.6 Å². The Bertz CT molecular complexity index is 581. The summed E-state index contributed by atoms with van der Waals surface area (Å²) in [6.45, 7) is 0.0750. The molecule has 0 heterocycles. The molecule has 2 rings (SSSR count). The van der Waals surface area contributed by atoms with Crippen molar-refractivity contribution in [3.8, 4) is 11.5 Å². The van der Waals surface area contributed by atoms with Crippen LogP contribution in [-0.2, 0) is 6.42 Å². The van der Waals surface area contributed by atoms with Crippen molar-refractivity contribution in [1.29, 1.82) is 0 Å². The van der Waals surface area contributed by atoms with Crippen molar-refractivity contribution >= 4 is 22.2 Å². The van der Waals surface area contributed by atoms with Gasteiger partial charge in [-0.25, -0.2) is 0 Å². The van der Waals surface area contributed by atoms with Crippen molar-refractivity contribution in [1.82, 2.24) is 0 Å². The van der Waals surface area contributed by atoms with Crippen molar-refractivity contribution in [2.75, 3.05) is 6.61 Å². The largest absolute Gasteiger partial charge is 0.456 e. The first-order chi connectivity index (χ1) is 9.24. The monoisotopic (exact) mass is 320 g/mol. The van der Waals surface area contributed by atoms with Gasteiger partial charge in [0, 0.05) is 12.2 Å². The molecule has 4 heteroatoms. The highest BCUT2D eigenvalue weighted by Gasteiger charge is 2.07. The van der Waals surface area contributed by atoms with Crippen LogP contribution in [0, 0.1) is 0 Å². The summed E-state index contributed by atoms with van der Waals surface area (Å²) in [5, 5.41) is 9.03. The van der Waals surface area contributed by atoms with Crippen molar-refractivity contribution in [2.24, 2.45) is 0 Å². The molecule has 0 radical (unpaired) electrons. The van der Waals surface area contributed by atoms with Gasteiger partial charge in [-0.3, -0.25) is 4.79 Å². The number of carbonyl (C=O) groups is 1. The van der Waals surface area contributed by atoms with Crippen LogP contribution in [0.4, 0.5) is 0 Å². The second-order valence-corrected chi connectivity index (χ2v) is 4.85. The molecule has 98 valence electrons. The predicted molar refractivity (Wildman–Crippen MR) is 76.8 cm³/mol. The Balaban J connectivity index is 2.28. The average Bonchev–Trinajstić information content (AvgIpc) is 2.43. The van der Waals surface area contributed by atoms with E-state index < -0.39 is 0 Å². The molecule has 2 aromatic carbocycles. The molecule has 0 saturated heterocycles. The number of carbonyl (C=O) groups excluding carboxylic acids is 1. The van der Waals surface area contributed by atoms with Gasteiger partial charge in [-0.2, -0.15) is 0 Å². The standard InChI is InChI=1S/C15H13BrO3/c16-13-9-11(10-18)5-6-15(13)19-14-4-2-1-3-12(14)7-8-17/h1-6,9-10,17H,7-8H2. The maximum Gasteiger partial charge on any atom is 0.150 e. The van der Waals surface area contributed by atoms with E-state index in [1.807, 2.05) is 24.3 Å². The van der Waals surface area contributed by atoms with Gasteiger partial charge in [-0.1, -0.05) is 18.2 Å². The van der Waals surface area contributed by atoms with E-state index in [4.69, 9.17) is 9.84 Å². The molecular weight excluding hydrogens is 308 g/mol. The average molecular weight is 321 g/mol. The summed E-state index contributed by atoms with van der Waals surface area (Å²) in [4.78, 5) is 10.7. The highest BCUT2D eigenvalue weighted by molar-refractivity contribution is 9.10. The van der Waals surface area contributed by atoms with Crippen LogP contribution in [0.5, 0.6) is 11.5 Å². The minimum atomic E-state index is 0.0750. The lowest BCUT2D eigenvalue weighted by Gasteiger charge is -2.11. The van der Waals surface area contributed by atoms with E-state index in [9.17, 15) is 4.79 Å². The van der Waals surface area contributed by atoms with Gasteiger partial charge < -0.3 is 9.84 Å². The molecule has 2 aromatic rings. The molecule has 0 amide bonds. The van der Waals surface area contributed by atoms with E-state index in [1.54, 1.807) is 18.2 Å². The lowest BCUT2D eigenvalue weighted by molar-refractivity contribution is 0.112. The minimum absolute atomic E-state index is 0.0750. The van der Waals surface area contributed by atoms with Crippen LogP contribution in [-0.4, -0.2) is 18.0 Å². The Labute approximate surface area is 120 Å². The normalized spacial score (nSPS) is 10.2. The van der Waals surface area contributed by atoms with Crippen LogP contribution in [0.1, 0.15) is 15.9 Å². The zero-order valence-electron chi connectivity index (χ0n) is 10.2. The van der Waals surface area contributed by atoms with Gasteiger partial charge >= 0.3 is 0 Å². The van der Waals surface area contributed by atoms with Crippen LogP contribution in [0.15, 0.2) is 46.9 Å². The zero-order valence-corrected chi connectivity index (χ0v) is 11.8. The van der Waals surface area contributed by atoms with Crippen molar-refractivity contribution in [2.45, 2.75) is 6.42 Å². The lowest BCUT2D eigenvalue weighted by Crippen LogP contribution is -1.95. The Morgan fingerprint density at radius 2 is 1.95 bits per heavy atom. The highest BCUT2D eigenvalue weighted by Crippen LogP contribution is 2.32. The number of hydrogen-bond donors (Lipinski definition) is 1. The molecule has 0 aromatic heterocycles. The summed E-state index contributed by atoms with van der Waals surface area (Å²) in [6.07, 6.45) is 1.33. The summed E-state index contributed by atoms with van der Waals surface area (Å²) < 4.78 is 6.54. The molecule has 0 aliphatic rings. The highest BCUT2D eigenvalue weighted by atomic mass is 79.9. The van der Waals surface area contributed by atoms with Gasteiger partial charge in [-0.05, 0) is 52.2 Å². The maximum atomic E-state index is 10.7. The number of ether oxygens (including phenoxy) is 1. The van der Waals surface area contributed by atoms with E-state index in [0.29, 0.717) is 23.5 Å². The number of aliphatic hydroxyl groups excluding tert-OH is 1. The summed E-state index contributed by atoms with van der Waals surface area (Å²) in [6, 6.07) is 12.7. The smallest absolute Gasteiger partial charge is 0.150 e. The maximum absolute atomic E-state index is 10.7. The number of rotatable bonds is 5. The predicted octanol–water partition coefficient (Wildman–Crippen LogP) is 3.59. The fraction of sp³-hybridized carbons (Fsp3) is 0.133. The SMILES string of the molecule is O=Cc1ccc(Oc2ccccc2CCO)c(Br)c1. The van der Waals surface area contributed by atoms with Crippen molar-refractivity contribution in [3.63, 3.8) is 0 Å². The number of hydrogen-bond acceptors (Lipinski definition) is 3. The van der Waals surface area contributed by atoms with Crippen LogP contribution in [0.25, 0.3) is 0 Å². The fourth-order valence-corrected chi connectivity index (χ4v) is 2.20. The first-order valence-corrected chi connectivity index (χ1v) is 6.65. The second-order valence-electron chi connectivity index (χ2n) is 3.99. The van der Waals surface area contributed by atoms with E-state index in [1.165, 1.54) is 0 Å². The topological polar surface area (TPSA) is 46.5 Å². The summed E-state index contributed by atoms with van der Waals surface area (Å²) in [5.41, 5.74) is 1.53. The fourth-order valence-electron chi connectivity index (χ4n) is 1.72. The third-order valence-corrected chi connectivity index (χ3v) is 3.29. The first-order valence-electron chi connectivity index (χ1n) is 5.86. The number of halogens is 1. The Hall–Kier alpha value is -1.65. The van der Waals surface area contributed by atoms with Gasteiger partial charge in [0.2, 0.25) is 0 Å². The Morgan fingerprint density at radius 3 is 2.63 bits per heavy atom. The second kappa shape index (κ2) is 6.50. The van der Waals surface area contributed by atoms with E-state index >= 15 is 0 Å². The Morgan fingerprint density at radius 1 is 1.16 bits per heavy atom. The molecule has 3 nitrogen and oxygen atoms in total. The molecular formula is C15H13BrO3. The van der Waals surface area contributed by atoms with Crippen LogP contribution in [0.3, 0.4) is 0 Å². The van der Waals surface area contributed by atoms with E-state index in [0.717, 1.165) is 16.3 Å². The van der Waals surface area contributed by atoms with Gasteiger partial charge in [0.05, 0.1) is 4.47 Å². The summed E-state index contributed by atoms with van der Waals surface area (Å²) in [5.74, 6) is 1.34. The zero-order chi connectivity index (χ0) is 13.7. The lowest BCUT2D eigenvalue weighted by atomic mass is 10.1. The molecule has 0 saturated carbocycles. The van der Waals surface area contributed by atoms with E-state index in [-0.39, 0.29) is 6.61 Å². The van der Waals surface area contributed by atoms with Crippen molar-refractivity contribution in [3.05, 3.63) is 58.1 Å². The number of aliphatic hydroxyl groups is 1. The quantitative estimate of drug-likeness (QED) is 0.856. The van der Waals surface area contributed by atoms with Crippen LogP contribution >= 0.6 is 15.9 Å².